The lowest BCUT2D eigenvalue weighted by molar-refractivity contribution is 0.0576. The molecule has 2 atom stereocenters. The van der Waals surface area contributed by atoms with Gasteiger partial charge in [-0.3, -0.25) is 4.79 Å². The van der Waals surface area contributed by atoms with Gasteiger partial charge < -0.3 is 4.90 Å². The summed E-state index contributed by atoms with van der Waals surface area (Å²) >= 11 is 10.4. The molecule has 1 saturated heterocycles. The molecule has 0 radical (unpaired) electrons. The maximum absolute atomic E-state index is 16.2. The van der Waals surface area contributed by atoms with Crippen LogP contribution in [0.25, 0.3) is 0 Å². The summed E-state index contributed by atoms with van der Waals surface area (Å²) < 4.78 is 42.7. The number of benzene rings is 2. The Hall–Kier alpha value is -1.81. The minimum atomic E-state index is -4.19. The van der Waals surface area contributed by atoms with E-state index in [-0.39, 0.29) is 10.6 Å². The van der Waals surface area contributed by atoms with E-state index in [1.165, 1.54) is 17.2 Å². The second-order valence-electron chi connectivity index (χ2n) is 7.71. The highest BCUT2D eigenvalue weighted by Crippen LogP contribution is 2.41. The first kappa shape index (κ1) is 23.4. The molecule has 2 aromatic carbocycles. The lowest BCUT2D eigenvalue weighted by Gasteiger charge is -2.40. The average Bonchev–Trinajstić information content (AvgIpc) is 3.22. The standard InChI is InChI=1S/C22H19BrClFN2O3S2/c1-14-12-32(29,30)22(25,13-27(14)20(28)16-7-8-18(23)19(24)10-16)21-26-11-17(31-21)9-15-5-3-2-4-6-15/h2-8,10-11,14H,9,12-13H2,1H3/t14-,22+/m0/s1. The number of nitrogens with zero attached hydrogens (tertiary/aromatic N) is 2. The SMILES string of the molecule is C[C@H]1CS(=O)(=O)[C@@](F)(c2ncc(Cc3ccccc3)s2)CN1C(=O)c1ccc(Br)c(Cl)c1. The number of carbonyl (C=O) groups is 1. The molecular formula is C22H19BrClFN2O3S2. The molecule has 32 heavy (non-hydrogen) atoms. The van der Waals surface area contributed by atoms with Gasteiger partial charge >= 0.3 is 0 Å². The molecule has 168 valence electrons. The van der Waals surface area contributed by atoms with Crippen molar-refractivity contribution in [2.45, 2.75) is 24.4 Å². The highest BCUT2D eigenvalue weighted by atomic mass is 79.9. The third-order valence-corrected chi connectivity index (χ3v) is 10.1. The second-order valence-corrected chi connectivity index (χ2v) is 12.3. The first-order valence-corrected chi connectivity index (χ1v) is 13.4. The zero-order chi connectivity index (χ0) is 23.1. The molecular weight excluding hydrogens is 539 g/mol. The van der Waals surface area contributed by atoms with Crippen LogP contribution in [0.15, 0.2) is 59.2 Å². The third-order valence-electron chi connectivity index (χ3n) is 5.38. The van der Waals surface area contributed by atoms with Crippen LogP contribution in [0.4, 0.5) is 4.39 Å². The van der Waals surface area contributed by atoms with E-state index in [0.29, 0.717) is 15.9 Å². The molecule has 0 unspecified atom stereocenters. The molecule has 0 aliphatic carbocycles. The zero-order valence-corrected chi connectivity index (χ0v) is 20.9. The first-order chi connectivity index (χ1) is 15.1. The number of sulfone groups is 1. The lowest BCUT2D eigenvalue weighted by atomic mass is 10.1. The van der Waals surface area contributed by atoms with Gasteiger partial charge in [-0.05, 0) is 46.6 Å². The van der Waals surface area contributed by atoms with E-state index in [0.717, 1.165) is 21.8 Å². The van der Waals surface area contributed by atoms with Gasteiger partial charge in [0.25, 0.3) is 10.9 Å². The minimum absolute atomic E-state index is 0.151. The van der Waals surface area contributed by atoms with E-state index in [9.17, 15) is 13.2 Å². The molecule has 1 amide bonds. The maximum atomic E-state index is 16.2. The summed E-state index contributed by atoms with van der Waals surface area (Å²) in [5, 5.41) is -2.58. The van der Waals surface area contributed by atoms with Gasteiger partial charge in [0.1, 0.15) is 5.01 Å². The zero-order valence-electron chi connectivity index (χ0n) is 17.0. The fraction of sp³-hybridized carbons (Fsp3) is 0.273. The van der Waals surface area contributed by atoms with Crippen LogP contribution in [0, 0.1) is 0 Å². The smallest absolute Gasteiger partial charge is 0.278 e. The topological polar surface area (TPSA) is 67.3 Å². The van der Waals surface area contributed by atoms with Crippen LogP contribution in [0.3, 0.4) is 0 Å². The van der Waals surface area contributed by atoms with Crippen molar-refractivity contribution in [3.63, 3.8) is 0 Å². The van der Waals surface area contributed by atoms with Crippen molar-refractivity contribution in [2.75, 3.05) is 12.3 Å². The predicted octanol–water partition coefficient (Wildman–Crippen LogP) is 5.23. The quantitative estimate of drug-likeness (QED) is 0.441. The van der Waals surface area contributed by atoms with E-state index in [4.69, 9.17) is 11.6 Å². The van der Waals surface area contributed by atoms with E-state index in [2.05, 4.69) is 20.9 Å². The van der Waals surface area contributed by atoms with Crippen LogP contribution >= 0.6 is 38.9 Å². The van der Waals surface area contributed by atoms with Gasteiger partial charge in [-0.25, -0.2) is 17.8 Å². The maximum Gasteiger partial charge on any atom is 0.278 e. The number of hydrogen-bond donors (Lipinski definition) is 0. The summed E-state index contributed by atoms with van der Waals surface area (Å²) in [6, 6.07) is 13.6. The Morgan fingerprint density at radius 2 is 2.03 bits per heavy atom. The summed E-state index contributed by atoms with van der Waals surface area (Å²) in [4.78, 5) is 19.2. The number of alkyl halides is 1. The average molecular weight is 558 g/mol. The molecule has 5 nitrogen and oxygen atoms in total. The van der Waals surface area contributed by atoms with Crippen LogP contribution in [0.5, 0.6) is 0 Å². The Morgan fingerprint density at radius 3 is 2.72 bits per heavy atom. The fourth-order valence-electron chi connectivity index (χ4n) is 3.64. The number of carbonyl (C=O) groups excluding carboxylic acids is 1. The molecule has 0 bridgehead atoms. The van der Waals surface area contributed by atoms with Crippen LogP contribution < -0.4 is 0 Å². The molecule has 1 aromatic heterocycles. The van der Waals surface area contributed by atoms with Crippen LogP contribution in [0.1, 0.15) is 32.7 Å². The number of thiazole rings is 1. The van der Waals surface area contributed by atoms with E-state index in [1.54, 1.807) is 19.1 Å². The van der Waals surface area contributed by atoms with Gasteiger partial charge in [0.05, 0.1) is 17.3 Å². The van der Waals surface area contributed by atoms with Crippen LogP contribution in [-0.2, 0) is 21.3 Å². The van der Waals surface area contributed by atoms with Crippen molar-refractivity contribution in [2.24, 2.45) is 0 Å². The number of halogens is 3. The molecule has 1 aliphatic rings. The van der Waals surface area contributed by atoms with Crippen molar-refractivity contribution >= 4 is 54.6 Å². The molecule has 0 saturated carbocycles. The number of rotatable bonds is 4. The Kier molecular flexibility index (Phi) is 6.46. The molecule has 1 fully saturated rings. The second kappa shape index (κ2) is 8.85. The largest absolute Gasteiger partial charge is 0.330 e. The lowest BCUT2D eigenvalue weighted by Crippen LogP contribution is -2.57. The van der Waals surface area contributed by atoms with Crippen molar-refractivity contribution in [1.29, 1.82) is 0 Å². The van der Waals surface area contributed by atoms with Gasteiger partial charge in [-0.1, -0.05) is 41.9 Å². The Bertz CT molecular complexity index is 1270. The molecule has 2 heterocycles. The van der Waals surface area contributed by atoms with Gasteiger partial charge in [-0.15, -0.1) is 11.3 Å². The van der Waals surface area contributed by atoms with E-state index >= 15 is 4.39 Å². The predicted molar refractivity (Wildman–Crippen MR) is 128 cm³/mol. The highest BCUT2D eigenvalue weighted by molar-refractivity contribution is 9.10. The molecule has 10 heteroatoms. The first-order valence-electron chi connectivity index (χ1n) is 9.77. The number of hydrogen-bond acceptors (Lipinski definition) is 5. The minimum Gasteiger partial charge on any atom is -0.330 e. The Balaban J connectivity index is 1.65. The highest BCUT2D eigenvalue weighted by Gasteiger charge is 2.55. The molecule has 0 N–H and O–H groups in total. The fourth-order valence-corrected chi connectivity index (χ4v) is 7.22. The monoisotopic (exact) mass is 556 g/mol. The van der Waals surface area contributed by atoms with E-state index < -0.39 is 39.1 Å². The van der Waals surface area contributed by atoms with Gasteiger partial charge in [-0.2, -0.15) is 0 Å². The van der Waals surface area contributed by atoms with Crippen molar-refractivity contribution in [1.82, 2.24) is 9.88 Å². The van der Waals surface area contributed by atoms with Gasteiger partial charge in [0.15, 0.2) is 9.84 Å². The summed E-state index contributed by atoms with van der Waals surface area (Å²) in [6.07, 6.45) is 2.02. The Labute approximate surface area is 203 Å². The van der Waals surface area contributed by atoms with Crippen molar-refractivity contribution in [3.8, 4) is 0 Å². The molecule has 0 spiro atoms. The number of amides is 1. The Morgan fingerprint density at radius 1 is 1.31 bits per heavy atom. The summed E-state index contributed by atoms with van der Waals surface area (Å²) in [6.45, 7) is 0.972. The molecule has 4 rings (SSSR count). The molecule has 1 aliphatic heterocycles. The summed E-state index contributed by atoms with van der Waals surface area (Å²) in [5.41, 5.74) is 1.27. The van der Waals surface area contributed by atoms with Crippen molar-refractivity contribution < 1.29 is 17.6 Å². The molecule has 3 aromatic rings. The van der Waals surface area contributed by atoms with Gasteiger partial charge in [0.2, 0.25) is 0 Å². The third kappa shape index (κ3) is 4.35. The normalized spacial score (nSPS) is 22.6. The van der Waals surface area contributed by atoms with E-state index in [1.807, 2.05) is 30.3 Å². The van der Waals surface area contributed by atoms with Crippen molar-refractivity contribution in [3.05, 3.63) is 85.2 Å². The summed E-state index contributed by atoms with van der Waals surface area (Å²) in [5.74, 6) is -0.975. The van der Waals surface area contributed by atoms with Crippen LogP contribution in [-0.4, -0.2) is 42.5 Å². The number of aromatic nitrogens is 1. The summed E-state index contributed by atoms with van der Waals surface area (Å²) in [7, 11) is -4.19. The van der Waals surface area contributed by atoms with Crippen LogP contribution in [0.2, 0.25) is 5.02 Å². The van der Waals surface area contributed by atoms with Gasteiger partial charge in [0, 0.05) is 33.6 Å².